The Morgan fingerprint density at radius 2 is 1.71 bits per heavy atom. The smallest absolute Gasteiger partial charge is 0.261 e. The van der Waals surface area contributed by atoms with E-state index in [0.29, 0.717) is 16.3 Å². The third-order valence-corrected chi connectivity index (χ3v) is 6.13. The maximum Gasteiger partial charge on any atom is 0.261 e. The molecule has 0 unspecified atom stereocenters. The van der Waals surface area contributed by atoms with Crippen molar-refractivity contribution < 1.29 is 13.2 Å². The summed E-state index contributed by atoms with van der Waals surface area (Å²) in [6.07, 6.45) is 2.16. The van der Waals surface area contributed by atoms with Crippen LogP contribution < -0.4 is 14.9 Å². The van der Waals surface area contributed by atoms with E-state index in [9.17, 15) is 13.2 Å². The van der Waals surface area contributed by atoms with Gasteiger partial charge in [-0.05, 0) is 69.2 Å². The first-order valence-corrected chi connectivity index (χ1v) is 11.1. The Bertz CT molecular complexity index is 953. The zero-order valence-electron chi connectivity index (χ0n) is 15.9. The van der Waals surface area contributed by atoms with Crippen LogP contribution in [0.15, 0.2) is 47.4 Å². The Hall–Kier alpha value is -2.25. The summed E-state index contributed by atoms with van der Waals surface area (Å²) in [6, 6.07) is 11.0. The Balaban J connectivity index is 1.93. The lowest BCUT2D eigenvalue weighted by Gasteiger charge is -2.22. The van der Waals surface area contributed by atoms with E-state index in [4.69, 9.17) is 11.6 Å². The average molecular weight is 422 g/mol. The van der Waals surface area contributed by atoms with Crippen molar-refractivity contribution in [2.75, 3.05) is 22.7 Å². The van der Waals surface area contributed by atoms with Crippen LogP contribution in [0.5, 0.6) is 0 Å². The maximum absolute atomic E-state index is 12.7. The van der Waals surface area contributed by atoms with Gasteiger partial charge in [-0.2, -0.15) is 0 Å². The zero-order chi connectivity index (χ0) is 20.3. The predicted octanol–water partition coefficient (Wildman–Crippen LogP) is 3.88. The topological polar surface area (TPSA) is 78.5 Å². The fourth-order valence-corrected chi connectivity index (χ4v) is 4.36. The van der Waals surface area contributed by atoms with Crippen molar-refractivity contribution in [3.8, 4) is 0 Å². The van der Waals surface area contributed by atoms with Gasteiger partial charge in [-0.15, -0.1) is 0 Å². The second-order valence-corrected chi connectivity index (χ2v) is 9.23. The molecular weight excluding hydrogens is 398 g/mol. The van der Waals surface area contributed by atoms with Gasteiger partial charge in [-0.25, -0.2) is 8.42 Å². The van der Waals surface area contributed by atoms with Crippen LogP contribution >= 0.6 is 11.6 Å². The van der Waals surface area contributed by atoms with Crippen molar-refractivity contribution in [1.82, 2.24) is 5.32 Å². The van der Waals surface area contributed by atoms with Gasteiger partial charge in [0.25, 0.3) is 15.9 Å². The number of carbonyl (C=O) groups is 1. The quantitative estimate of drug-likeness (QED) is 0.741. The largest absolute Gasteiger partial charge is 0.371 e. The molecule has 0 saturated carbocycles. The molecule has 6 nitrogen and oxygen atoms in total. The first kappa shape index (κ1) is 20.5. The number of nitrogens with zero attached hydrogens (tertiary/aromatic N) is 1. The zero-order valence-corrected chi connectivity index (χ0v) is 17.5. The average Bonchev–Trinajstić information content (AvgIpc) is 3.15. The lowest BCUT2D eigenvalue weighted by atomic mass is 10.1. The fraction of sp³-hybridized carbons (Fsp3) is 0.350. The lowest BCUT2D eigenvalue weighted by Crippen LogP contribution is -2.32. The van der Waals surface area contributed by atoms with Crippen molar-refractivity contribution in [2.45, 2.75) is 37.6 Å². The molecule has 28 heavy (non-hydrogen) atoms. The van der Waals surface area contributed by atoms with Gasteiger partial charge in [0.05, 0.1) is 10.5 Å². The van der Waals surface area contributed by atoms with Crippen LogP contribution in [0.2, 0.25) is 5.02 Å². The van der Waals surface area contributed by atoms with Crippen LogP contribution in [0.3, 0.4) is 0 Å². The molecule has 0 atom stereocenters. The maximum atomic E-state index is 12.7. The molecule has 3 rings (SSSR count). The standard InChI is InChI=1S/C20H24ClN3O3S/c1-14(2)22-20(25)18-13-16(7-10-19(18)24-11-3-4-12-24)23-28(26,27)17-8-5-15(21)6-9-17/h5-10,13-14,23H,3-4,11-12H2,1-2H3,(H,22,25). The van der Waals surface area contributed by atoms with Gasteiger partial charge in [0.15, 0.2) is 0 Å². The molecule has 0 radical (unpaired) electrons. The van der Waals surface area contributed by atoms with E-state index < -0.39 is 10.0 Å². The number of halogens is 1. The van der Waals surface area contributed by atoms with Gasteiger partial charge in [-0.1, -0.05) is 11.6 Å². The van der Waals surface area contributed by atoms with Crippen molar-refractivity contribution in [3.05, 3.63) is 53.1 Å². The summed E-state index contributed by atoms with van der Waals surface area (Å²) in [6.45, 7) is 5.55. The summed E-state index contributed by atoms with van der Waals surface area (Å²) >= 11 is 5.83. The lowest BCUT2D eigenvalue weighted by molar-refractivity contribution is 0.0943. The molecule has 0 spiro atoms. The molecule has 2 aromatic carbocycles. The highest BCUT2D eigenvalue weighted by Crippen LogP contribution is 2.29. The number of rotatable bonds is 6. The minimum Gasteiger partial charge on any atom is -0.371 e. The molecule has 150 valence electrons. The van der Waals surface area contributed by atoms with E-state index in [0.717, 1.165) is 31.6 Å². The molecule has 0 aromatic heterocycles. The molecule has 8 heteroatoms. The van der Waals surface area contributed by atoms with Crippen LogP contribution in [0.1, 0.15) is 37.0 Å². The summed E-state index contributed by atoms with van der Waals surface area (Å²) in [5.74, 6) is -0.218. The number of benzene rings is 2. The SMILES string of the molecule is CC(C)NC(=O)c1cc(NS(=O)(=O)c2ccc(Cl)cc2)ccc1N1CCCC1. The minimum absolute atomic E-state index is 0.0201. The van der Waals surface area contributed by atoms with Gasteiger partial charge in [0.2, 0.25) is 0 Å². The third kappa shape index (κ3) is 4.77. The minimum atomic E-state index is -3.78. The van der Waals surface area contributed by atoms with Crippen LogP contribution in [-0.2, 0) is 10.0 Å². The fourth-order valence-electron chi connectivity index (χ4n) is 3.18. The van der Waals surface area contributed by atoms with E-state index in [1.165, 1.54) is 24.3 Å². The van der Waals surface area contributed by atoms with E-state index in [1.807, 2.05) is 13.8 Å². The van der Waals surface area contributed by atoms with Crippen LogP contribution in [0.4, 0.5) is 11.4 Å². The number of hydrogen-bond donors (Lipinski definition) is 2. The van der Waals surface area contributed by atoms with Crippen molar-refractivity contribution in [1.29, 1.82) is 0 Å². The molecule has 0 aliphatic carbocycles. The molecule has 1 aliphatic rings. The summed E-state index contributed by atoms with van der Waals surface area (Å²) in [5, 5.41) is 3.35. The summed E-state index contributed by atoms with van der Waals surface area (Å²) in [5.41, 5.74) is 1.63. The molecule has 1 aliphatic heterocycles. The number of amides is 1. The first-order valence-electron chi connectivity index (χ1n) is 9.24. The second-order valence-electron chi connectivity index (χ2n) is 7.11. The van der Waals surface area contributed by atoms with Crippen LogP contribution in [0.25, 0.3) is 0 Å². The highest BCUT2D eigenvalue weighted by molar-refractivity contribution is 7.92. The number of sulfonamides is 1. The Morgan fingerprint density at radius 1 is 1.07 bits per heavy atom. The summed E-state index contributed by atoms with van der Waals surface area (Å²) in [4.78, 5) is 15.0. The normalized spacial score (nSPS) is 14.4. The summed E-state index contributed by atoms with van der Waals surface area (Å²) < 4.78 is 27.8. The van der Waals surface area contributed by atoms with E-state index in [2.05, 4.69) is 14.9 Å². The van der Waals surface area contributed by atoms with Gasteiger partial charge in [0, 0.05) is 35.5 Å². The van der Waals surface area contributed by atoms with Gasteiger partial charge < -0.3 is 10.2 Å². The number of anilines is 2. The monoisotopic (exact) mass is 421 g/mol. The molecule has 2 N–H and O–H groups in total. The molecule has 0 bridgehead atoms. The van der Waals surface area contributed by atoms with Crippen molar-refractivity contribution in [2.24, 2.45) is 0 Å². The number of carbonyl (C=O) groups excluding carboxylic acids is 1. The van der Waals surface area contributed by atoms with Crippen molar-refractivity contribution in [3.63, 3.8) is 0 Å². The van der Waals surface area contributed by atoms with Gasteiger partial charge in [0.1, 0.15) is 0 Å². The van der Waals surface area contributed by atoms with Crippen LogP contribution in [0, 0.1) is 0 Å². The van der Waals surface area contributed by atoms with Crippen molar-refractivity contribution >= 4 is 38.9 Å². The molecule has 1 heterocycles. The van der Waals surface area contributed by atoms with E-state index >= 15 is 0 Å². The Labute approximate surface area is 170 Å². The molecule has 1 amide bonds. The first-order chi connectivity index (χ1) is 13.3. The van der Waals surface area contributed by atoms with E-state index in [-0.39, 0.29) is 16.8 Å². The Morgan fingerprint density at radius 3 is 2.32 bits per heavy atom. The number of nitrogens with one attached hydrogen (secondary N) is 2. The van der Waals surface area contributed by atoms with E-state index in [1.54, 1.807) is 18.2 Å². The predicted molar refractivity (Wildman–Crippen MR) is 113 cm³/mol. The molecular formula is C20H24ClN3O3S. The number of hydrogen-bond acceptors (Lipinski definition) is 4. The third-order valence-electron chi connectivity index (χ3n) is 4.48. The Kier molecular flexibility index (Phi) is 6.15. The highest BCUT2D eigenvalue weighted by atomic mass is 35.5. The van der Waals surface area contributed by atoms with Gasteiger partial charge >= 0.3 is 0 Å². The highest BCUT2D eigenvalue weighted by Gasteiger charge is 2.22. The van der Waals surface area contributed by atoms with Gasteiger partial charge in [-0.3, -0.25) is 9.52 Å². The second kappa shape index (κ2) is 8.41. The molecule has 1 fully saturated rings. The molecule has 2 aromatic rings. The summed E-state index contributed by atoms with van der Waals surface area (Å²) in [7, 11) is -3.78. The van der Waals surface area contributed by atoms with Crippen LogP contribution in [-0.4, -0.2) is 33.5 Å². The molecule has 1 saturated heterocycles.